The number of carbonyl (C=O) groups is 1. The van der Waals surface area contributed by atoms with Crippen molar-refractivity contribution in [2.24, 2.45) is 0 Å². The van der Waals surface area contributed by atoms with Crippen LogP contribution in [0.1, 0.15) is 17.3 Å². The molecule has 0 saturated carbocycles. The maximum atomic E-state index is 13.2. The van der Waals surface area contributed by atoms with Gasteiger partial charge in [-0.1, -0.05) is 6.07 Å². The molecule has 0 aromatic heterocycles. The van der Waals surface area contributed by atoms with Crippen LogP contribution >= 0.6 is 0 Å². The van der Waals surface area contributed by atoms with E-state index in [0.29, 0.717) is 11.3 Å². The summed E-state index contributed by atoms with van der Waals surface area (Å²) in [6, 6.07) is 13.2. The van der Waals surface area contributed by atoms with Crippen molar-refractivity contribution < 1.29 is 9.18 Å². The van der Waals surface area contributed by atoms with E-state index in [0.717, 1.165) is 12.2 Å². The van der Waals surface area contributed by atoms with Crippen molar-refractivity contribution in [2.75, 3.05) is 23.8 Å². The second-order valence-corrected chi connectivity index (χ2v) is 4.45. The fourth-order valence-corrected chi connectivity index (χ4v) is 1.93. The van der Waals surface area contributed by atoms with Gasteiger partial charge in [0.2, 0.25) is 0 Å². The molecular weight excluding hydrogens is 255 g/mol. The van der Waals surface area contributed by atoms with Crippen LogP contribution < -0.4 is 10.2 Å². The lowest BCUT2D eigenvalue weighted by molar-refractivity contribution is 0.0993. The standard InChI is InChI=1S/C16H17FN2O/c1-3-18-14-9-7-12(8-10-14)16(20)19(2)15-6-4-5-13(17)11-15/h4-11,18H,3H2,1-2H3. The lowest BCUT2D eigenvalue weighted by Gasteiger charge is -2.17. The molecule has 2 aromatic carbocycles. The first-order valence-corrected chi connectivity index (χ1v) is 6.49. The van der Waals surface area contributed by atoms with Crippen molar-refractivity contribution >= 4 is 17.3 Å². The van der Waals surface area contributed by atoms with E-state index >= 15 is 0 Å². The molecule has 0 fully saturated rings. The average molecular weight is 272 g/mol. The molecule has 1 N–H and O–H groups in total. The Labute approximate surface area is 118 Å². The Morgan fingerprint density at radius 2 is 1.90 bits per heavy atom. The molecule has 0 spiro atoms. The van der Waals surface area contributed by atoms with E-state index < -0.39 is 0 Å². The maximum Gasteiger partial charge on any atom is 0.258 e. The number of halogens is 1. The molecule has 2 rings (SSSR count). The van der Waals surface area contributed by atoms with Gasteiger partial charge < -0.3 is 10.2 Å². The van der Waals surface area contributed by atoms with Gasteiger partial charge in [0.25, 0.3) is 5.91 Å². The first-order valence-electron chi connectivity index (χ1n) is 6.49. The Morgan fingerprint density at radius 3 is 2.50 bits per heavy atom. The first kappa shape index (κ1) is 14.1. The minimum Gasteiger partial charge on any atom is -0.385 e. The van der Waals surface area contributed by atoms with Crippen LogP contribution in [0.5, 0.6) is 0 Å². The molecule has 0 aliphatic carbocycles. The molecule has 0 bridgehead atoms. The third-order valence-corrected chi connectivity index (χ3v) is 3.01. The molecule has 0 saturated heterocycles. The normalized spacial score (nSPS) is 10.2. The second kappa shape index (κ2) is 6.19. The van der Waals surface area contributed by atoms with Gasteiger partial charge in [0.05, 0.1) is 0 Å². The molecule has 0 radical (unpaired) electrons. The number of hydrogen-bond donors (Lipinski definition) is 1. The molecule has 4 heteroatoms. The van der Waals surface area contributed by atoms with Crippen molar-refractivity contribution in [1.82, 2.24) is 0 Å². The SMILES string of the molecule is CCNc1ccc(C(=O)N(C)c2cccc(F)c2)cc1. The van der Waals surface area contributed by atoms with E-state index in [4.69, 9.17) is 0 Å². The fourth-order valence-electron chi connectivity index (χ4n) is 1.93. The van der Waals surface area contributed by atoms with E-state index in [2.05, 4.69) is 5.32 Å². The Hall–Kier alpha value is -2.36. The second-order valence-electron chi connectivity index (χ2n) is 4.45. The molecule has 1 amide bonds. The number of amides is 1. The lowest BCUT2D eigenvalue weighted by atomic mass is 10.1. The molecule has 0 unspecified atom stereocenters. The van der Waals surface area contributed by atoms with Crippen LogP contribution in [0.15, 0.2) is 48.5 Å². The van der Waals surface area contributed by atoms with E-state index in [1.54, 1.807) is 31.3 Å². The summed E-state index contributed by atoms with van der Waals surface area (Å²) >= 11 is 0. The third-order valence-electron chi connectivity index (χ3n) is 3.01. The van der Waals surface area contributed by atoms with Crippen molar-refractivity contribution in [3.05, 3.63) is 59.9 Å². The van der Waals surface area contributed by atoms with Crippen LogP contribution in [0.25, 0.3) is 0 Å². The molecule has 0 aliphatic heterocycles. The highest BCUT2D eigenvalue weighted by Crippen LogP contribution is 2.17. The average Bonchev–Trinajstić information content (AvgIpc) is 2.47. The van der Waals surface area contributed by atoms with Gasteiger partial charge in [0, 0.05) is 30.5 Å². The number of benzene rings is 2. The predicted molar refractivity (Wildman–Crippen MR) is 79.7 cm³/mol. The number of rotatable bonds is 4. The summed E-state index contributed by atoms with van der Waals surface area (Å²) in [5, 5.41) is 3.17. The van der Waals surface area contributed by atoms with E-state index in [1.807, 2.05) is 19.1 Å². The minimum absolute atomic E-state index is 0.168. The van der Waals surface area contributed by atoms with Crippen LogP contribution in [0, 0.1) is 5.82 Å². The van der Waals surface area contributed by atoms with Crippen LogP contribution in [0.3, 0.4) is 0 Å². The van der Waals surface area contributed by atoms with Crippen molar-refractivity contribution in [2.45, 2.75) is 6.92 Å². The Morgan fingerprint density at radius 1 is 1.20 bits per heavy atom. The molecule has 0 atom stereocenters. The van der Waals surface area contributed by atoms with Crippen molar-refractivity contribution in [1.29, 1.82) is 0 Å². The van der Waals surface area contributed by atoms with Crippen LogP contribution in [0.4, 0.5) is 15.8 Å². The summed E-state index contributed by atoms with van der Waals surface area (Å²) in [6.07, 6.45) is 0. The van der Waals surface area contributed by atoms with Crippen LogP contribution in [0.2, 0.25) is 0 Å². The van der Waals surface area contributed by atoms with Gasteiger partial charge >= 0.3 is 0 Å². The minimum atomic E-state index is -0.357. The van der Waals surface area contributed by atoms with Crippen molar-refractivity contribution in [3.8, 4) is 0 Å². The molecular formula is C16H17FN2O. The molecule has 104 valence electrons. The highest BCUT2D eigenvalue weighted by Gasteiger charge is 2.13. The summed E-state index contributed by atoms with van der Waals surface area (Å²) in [4.78, 5) is 13.7. The fraction of sp³-hybridized carbons (Fsp3) is 0.188. The lowest BCUT2D eigenvalue weighted by Crippen LogP contribution is -2.26. The topological polar surface area (TPSA) is 32.3 Å². The number of anilines is 2. The monoisotopic (exact) mass is 272 g/mol. The number of carbonyl (C=O) groups excluding carboxylic acids is 1. The van der Waals surface area contributed by atoms with Gasteiger partial charge in [-0.05, 0) is 49.4 Å². The Kier molecular flexibility index (Phi) is 4.35. The van der Waals surface area contributed by atoms with Gasteiger partial charge in [-0.3, -0.25) is 4.79 Å². The van der Waals surface area contributed by atoms with Gasteiger partial charge in [-0.2, -0.15) is 0 Å². The largest absolute Gasteiger partial charge is 0.385 e. The Balaban J connectivity index is 2.18. The third kappa shape index (κ3) is 3.15. The summed E-state index contributed by atoms with van der Waals surface area (Å²) in [5.74, 6) is -0.525. The molecule has 0 heterocycles. The van der Waals surface area contributed by atoms with Gasteiger partial charge in [-0.25, -0.2) is 4.39 Å². The van der Waals surface area contributed by atoms with Crippen LogP contribution in [-0.4, -0.2) is 19.5 Å². The smallest absolute Gasteiger partial charge is 0.258 e. The Bertz CT molecular complexity index is 596. The zero-order chi connectivity index (χ0) is 14.5. The number of hydrogen-bond acceptors (Lipinski definition) is 2. The number of nitrogens with one attached hydrogen (secondary N) is 1. The maximum absolute atomic E-state index is 13.2. The summed E-state index contributed by atoms with van der Waals surface area (Å²) in [5.41, 5.74) is 2.07. The number of nitrogens with zero attached hydrogens (tertiary/aromatic N) is 1. The molecule has 2 aromatic rings. The molecule has 3 nitrogen and oxygen atoms in total. The van der Waals surface area contributed by atoms with Gasteiger partial charge in [0.15, 0.2) is 0 Å². The van der Waals surface area contributed by atoms with Gasteiger partial charge in [0.1, 0.15) is 5.82 Å². The summed E-state index contributed by atoms with van der Waals surface area (Å²) < 4.78 is 13.2. The van der Waals surface area contributed by atoms with Crippen LogP contribution in [-0.2, 0) is 0 Å². The zero-order valence-corrected chi connectivity index (χ0v) is 11.6. The summed E-state index contributed by atoms with van der Waals surface area (Å²) in [6.45, 7) is 2.84. The highest BCUT2D eigenvalue weighted by molar-refractivity contribution is 6.05. The molecule has 20 heavy (non-hydrogen) atoms. The van der Waals surface area contributed by atoms with E-state index in [1.165, 1.54) is 17.0 Å². The predicted octanol–water partition coefficient (Wildman–Crippen LogP) is 3.53. The summed E-state index contributed by atoms with van der Waals surface area (Å²) in [7, 11) is 1.63. The van der Waals surface area contributed by atoms with E-state index in [-0.39, 0.29) is 11.7 Å². The van der Waals surface area contributed by atoms with Crippen molar-refractivity contribution in [3.63, 3.8) is 0 Å². The van der Waals surface area contributed by atoms with Gasteiger partial charge in [-0.15, -0.1) is 0 Å². The van der Waals surface area contributed by atoms with E-state index in [9.17, 15) is 9.18 Å². The molecule has 0 aliphatic rings. The first-order chi connectivity index (χ1) is 9.61. The zero-order valence-electron chi connectivity index (χ0n) is 11.6. The highest BCUT2D eigenvalue weighted by atomic mass is 19.1. The quantitative estimate of drug-likeness (QED) is 0.923.